The number of aromatic nitrogens is 2. The van der Waals surface area contributed by atoms with Crippen LogP contribution in [0.1, 0.15) is 39.2 Å². The lowest BCUT2D eigenvalue weighted by Gasteiger charge is -2.01. The highest BCUT2D eigenvalue weighted by atomic mass is 16.0. The molecule has 3 heteroatoms. The van der Waals surface area contributed by atoms with Crippen molar-refractivity contribution in [1.29, 1.82) is 0 Å². The fraction of sp³-hybridized carbons (Fsp3) is 0.727. The van der Waals surface area contributed by atoms with Crippen molar-refractivity contribution >= 4 is 0 Å². The number of hydrogen-bond acceptors (Lipinski definition) is 1. The summed E-state index contributed by atoms with van der Waals surface area (Å²) in [5.74, 6) is 2.51. The van der Waals surface area contributed by atoms with Gasteiger partial charge in [0.15, 0.2) is 0 Å². The van der Waals surface area contributed by atoms with Gasteiger partial charge in [-0.3, -0.25) is 0 Å². The molecule has 1 aromatic rings. The second-order valence-corrected chi connectivity index (χ2v) is 4.55. The fourth-order valence-electron chi connectivity index (χ4n) is 1.44. The summed E-state index contributed by atoms with van der Waals surface area (Å²) in [6.07, 6.45) is 4.13. The van der Waals surface area contributed by atoms with Gasteiger partial charge in [-0.05, 0) is 18.3 Å². The first kappa shape index (κ1) is 13.2. The largest absolute Gasteiger partial charge is 0.412 e. The van der Waals surface area contributed by atoms with E-state index < -0.39 is 0 Å². The van der Waals surface area contributed by atoms with Crippen LogP contribution in [0.25, 0.3) is 0 Å². The van der Waals surface area contributed by atoms with Crippen molar-refractivity contribution in [1.82, 2.24) is 9.97 Å². The molecule has 0 bridgehead atoms. The van der Waals surface area contributed by atoms with Crippen LogP contribution in [0.2, 0.25) is 0 Å². The first-order valence-corrected chi connectivity index (χ1v) is 5.10. The van der Waals surface area contributed by atoms with Gasteiger partial charge in [0.25, 0.3) is 0 Å². The summed E-state index contributed by atoms with van der Waals surface area (Å²) < 4.78 is 0. The molecule has 1 heterocycles. The molecule has 3 N–H and O–H groups in total. The predicted octanol–water partition coefficient (Wildman–Crippen LogP) is 1.98. The van der Waals surface area contributed by atoms with Crippen LogP contribution in [0.15, 0.2) is 6.20 Å². The third-order valence-corrected chi connectivity index (χ3v) is 1.91. The molecular weight excluding hydrogens is 176 g/mol. The second-order valence-electron chi connectivity index (χ2n) is 4.55. The van der Waals surface area contributed by atoms with E-state index in [-0.39, 0.29) is 5.48 Å². The van der Waals surface area contributed by atoms with Crippen LogP contribution in [0.4, 0.5) is 0 Å². The van der Waals surface area contributed by atoms with Gasteiger partial charge in [0, 0.05) is 18.3 Å². The molecule has 0 amide bonds. The summed E-state index contributed by atoms with van der Waals surface area (Å²) in [5.41, 5.74) is 1.27. The number of rotatable bonds is 4. The fourth-order valence-corrected chi connectivity index (χ4v) is 1.44. The molecule has 1 rings (SSSR count). The molecule has 14 heavy (non-hydrogen) atoms. The first-order chi connectivity index (χ1) is 6.08. The van der Waals surface area contributed by atoms with Crippen molar-refractivity contribution in [2.45, 2.75) is 40.5 Å². The second kappa shape index (κ2) is 5.81. The van der Waals surface area contributed by atoms with Gasteiger partial charge >= 0.3 is 0 Å². The highest BCUT2D eigenvalue weighted by molar-refractivity contribution is 5.02. The van der Waals surface area contributed by atoms with Crippen molar-refractivity contribution in [3.63, 3.8) is 0 Å². The highest BCUT2D eigenvalue weighted by Gasteiger charge is 2.04. The van der Waals surface area contributed by atoms with Crippen LogP contribution in [-0.4, -0.2) is 15.4 Å². The van der Waals surface area contributed by atoms with Gasteiger partial charge < -0.3 is 10.5 Å². The van der Waals surface area contributed by atoms with E-state index in [1.807, 2.05) is 6.20 Å². The minimum Gasteiger partial charge on any atom is -0.412 e. The summed E-state index contributed by atoms with van der Waals surface area (Å²) >= 11 is 0. The van der Waals surface area contributed by atoms with Gasteiger partial charge in [-0.15, -0.1) is 0 Å². The lowest BCUT2D eigenvalue weighted by molar-refractivity contribution is 0.616. The van der Waals surface area contributed by atoms with E-state index in [0.29, 0.717) is 11.8 Å². The standard InChI is InChI=1S/C11H20N2.H2O/c1-8(2)5-10-7-12-11(13-10)6-9(3)4;/h7-9H,5-6H2,1-4H3,(H,12,13);1H2. The Morgan fingerprint density at radius 1 is 1.14 bits per heavy atom. The predicted molar refractivity (Wildman–Crippen MR) is 59.3 cm³/mol. The van der Waals surface area contributed by atoms with Gasteiger partial charge in [-0.1, -0.05) is 27.7 Å². The van der Waals surface area contributed by atoms with Crippen LogP contribution >= 0.6 is 0 Å². The molecule has 0 aliphatic carbocycles. The number of H-pyrrole nitrogens is 1. The maximum Gasteiger partial charge on any atom is 0.106 e. The molecule has 0 aliphatic heterocycles. The highest BCUT2D eigenvalue weighted by Crippen LogP contribution is 2.08. The minimum absolute atomic E-state index is 0. The molecule has 1 aromatic heterocycles. The molecule has 0 saturated carbocycles. The average molecular weight is 198 g/mol. The summed E-state index contributed by atoms with van der Waals surface area (Å²) in [4.78, 5) is 7.72. The molecule has 0 fully saturated rings. The van der Waals surface area contributed by atoms with Crippen LogP contribution in [0.5, 0.6) is 0 Å². The lowest BCUT2D eigenvalue weighted by atomic mass is 10.1. The monoisotopic (exact) mass is 198 g/mol. The number of aromatic amines is 1. The van der Waals surface area contributed by atoms with E-state index in [2.05, 4.69) is 37.7 Å². The maximum atomic E-state index is 4.35. The summed E-state index contributed by atoms with van der Waals surface area (Å²) in [5, 5.41) is 0. The molecule has 0 spiro atoms. The Hall–Kier alpha value is -0.830. The van der Waals surface area contributed by atoms with Crippen molar-refractivity contribution < 1.29 is 5.48 Å². The zero-order valence-corrected chi connectivity index (χ0v) is 9.59. The maximum absolute atomic E-state index is 4.35. The zero-order valence-electron chi connectivity index (χ0n) is 9.59. The lowest BCUT2D eigenvalue weighted by Crippen LogP contribution is -1.97. The molecule has 82 valence electrons. The van der Waals surface area contributed by atoms with E-state index in [4.69, 9.17) is 0 Å². The van der Waals surface area contributed by atoms with Gasteiger partial charge in [-0.25, -0.2) is 4.98 Å². The number of imidazole rings is 1. The molecule has 0 saturated heterocycles. The normalized spacial score (nSPS) is 10.7. The van der Waals surface area contributed by atoms with Crippen LogP contribution in [-0.2, 0) is 12.8 Å². The molecule has 0 atom stereocenters. The molecule has 0 aliphatic rings. The number of nitrogens with one attached hydrogen (secondary N) is 1. The van der Waals surface area contributed by atoms with Crippen LogP contribution in [0.3, 0.4) is 0 Å². The van der Waals surface area contributed by atoms with Gasteiger partial charge in [0.1, 0.15) is 5.82 Å². The van der Waals surface area contributed by atoms with Crippen LogP contribution in [0, 0.1) is 11.8 Å². The smallest absolute Gasteiger partial charge is 0.106 e. The minimum atomic E-state index is 0. The third kappa shape index (κ3) is 4.42. The SMILES string of the molecule is CC(C)Cc1cnc(CC(C)C)[nH]1.O. The average Bonchev–Trinajstić information content (AvgIpc) is 2.33. The van der Waals surface area contributed by atoms with Crippen molar-refractivity contribution in [3.05, 3.63) is 17.7 Å². The van der Waals surface area contributed by atoms with Gasteiger partial charge in [0.2, 0.25) is 0 Å². The van der Waals surface area contributed by atoms with E-state index >= 15 is 0 Å². The summed E-state index contributed by atoms with van der Waals surface area (Å²) in [6.45, 7) is 8.88. The number of nitrogens with zero attached hydrogens (tertiary/aromatic N) is 1. The van der Waals surface area contributed by atoms with E-state index in [0.717, 1.165) is 18.7 Å². The van der Waals surface area contributed by atoms with Crippen LogP contribution < -0.4 is 0 Å². The van der Waals surface area contributed by atoms with Crippen molar-refractivity contribution in [2.24, 2.45) is 11.8 Å². The van der Waals surface area contributed by atoms with E-state index in [1.54, 1.807) is 0 Å². The first-order valence-electron chi connectivity index (χ1n) is 5.10. The molecule has 3 nitrogen and oxygen atoms in total. The summed E-state index contributed by atoms with van der Waals surface area (Å²) in [6, 6.07) is 0. The Bertz CT molecular complexity index is 229. The molecule has 0 unspecified atom stereocenters. The molecule has 0 aromatic carbocycles. The molecular formula is C11H22N2O. The van der Waals surface area contributed by atoms with Crippen molar-refractivity contribution in [3.8, 4) is 0 Å². The van der Waals surface area contributed by atoms with Gasteiger partial charge in [0.05, 0.1) is 0 Å². The van der Waals surface area contributed by atoms with E-state index in [1.165, 1.54) is 5.69 Å². The topological polar surface area (TPSA) is 60.2 Å². The Balaban J connectivity index is 0.00000169. The van der Waals surface area contributed by atoms with Crippen molar-refractivity contribution in [2.75, 3.05) is 0 Å². The van der Waals surface area contributed by atoms with Gasteiger partial charge in [-0.2, -0.15) is 0 Å². The Labute approximate surface area is 86.3 Å². The molecule has 0 radical (unpaired) electrons. The Morgan fingerprint density at radius 2 is 1.71 bits per heavy atom. The summed E-state index contributed by atoms with van der Waals surface area (Å²) in [7, 11) is 0. The quantitative estimate of drug-likeness (QED) is 0.790. The van der Waals surface area contributed by atoms with E-state index in [9.17, 15) is 0 Å². The third-order valence-electron chi connectivity index (χ3n) is 1.91. The number of hydrogen-bond donors (Lipinski definition) is 1. The Morgan fingerprint density at radius 3 is 2.21 bits per heavy atom. The Kier molecular flexibility index (Phi) is 5.46. The zero-order chi connectivity index (χ0) is 9.84.